The third-order valence-corrected chi connectivity index (χ3v) is 5.95. The first-order valence-electron chi connectivity index (χ1n) is 10.1. The van der Waals surface area contributed by atoms with E-state index in [1.165, 1.54) is 18.2 Å². The maximum atomic E-state index is 13.7. The predicted octanol–water partition coefficient (Wildman–Crippen LogP) is 3.47. The van der Waals surface area contributed by atoms with Crippen molar-refractivity contribution in [1.82, 2.24) is 24.4 Å². The van der Waals surface area contributed by atoms with Crippen LogP contribution in [0.3, 0.4) is 0 Å². The van der Waals surface area contributed by atoms with E-state index in [1.54, 1.807) is 4.90 Å². The minimum absolute atomic E-state index is 0.0262. The van der Waals surface area contributed by atoms with Gasteiger partial charge in [-0.05, 0) is 49.7 Å². The Morgan fingerprint density at radius 2 is 1.84 bits per heavy atom. The number of halogens is 4. The van der Waals surface area contributed by atoms with Crippen LogP contribution in [0.25, 0.3) is 16.9 Å². The minimum Gasteiger partial charge on any atom is -0.334 e. The van der Waals surface area contributed by atoms with Crippen LogP contribution in [0, 0.1) is 5.82 Å². The Morgan fingerprint density at radius 1 is 1.06 bits per heavy atom. The van der Waals surface area contributed by atoms with Crippen LogP contribution < -0.4 is 0 Å². The maximum Gasteiger partial charge on any atom is 0.433 e. The highest BCUT2D eigenvalue weighted by atomic mass is 19.4. The van der Waals surface area contributed by atoms with Crippen LogP contribution in [0.2, 0.25) is 0 Å². The molecular weight excluding hydrogens is 414 g/mol. The van der Waals surface area contributed by atoms with E-state index in [9.17, 15) is 22.4 Å². The van der Waals surface area contributed by atoms with Gasteiger partial charge in [-0.2, -0.15) is 18.3 Å². The molecule has 0 saturated carbocycles. The monoisotopic (exact) mass is 433 g/mol. The molecule has 162 valence electrons. The van der Waals surface area contributed by atoms with Crippen LogP contribution in [0.4, 0.5) is 17.6 Å². The second-order valence-electron chi connectivity index (χ2n) is 7.91. The van der Waals surface area contributed by atoms with E-state index in [0.29, 0.717) is 29.2 Å². The lowest BCUT2D eigenvalue weighted by Gasteiger charge is -2.37. The summed E-state index contributed by atoms with van der Waals surface area (Å²) in [6, 6.07) is 7.47. The van der Waals surface area contributed by atoms with Crippen molar-refractivity contribution in [2.75, 3.05) is 26.2 Å². The van der Waals surface area contributed by atoms with Gasteiger partial charge in [-0.1, -0.05) is 0 Å². The molecule has 4 heterocycles. The molecule has 2 aromatic heterocycles. The van der Waals surface area contributed by atoms with Gasteiger partial charge < -0.3 is 4.90 Å². The fourth-order valence-corrected chi connectivity index (χ4v) is 4.39. The predicted molar refractivity (Wildman–Crippen MR) is 104 cm³/mol. The molecule has 6 nitrogen and oxygen atoms in total. The third kappa shape index (κ3) is 3.65. The van der Waals surface area contributed by atoms with Crippen molar-refractivity contribution in [2.24, 2.45) is 0 Å². The number of fused-ring (bicyclic) bond motifs is 2. The number of nitrogens with zero attached hydrogens (tertiary/aromatic N) is 5. The molecular formula is C21H19F4N5O. The highest BCUT2D eigenvalue weighted by Gasteiger charge is 2.37. The molecule has 2 fully saturated rings. The van der Waals surface area contributed by atoms with Gasteiger partial charge in [-0.3, -0.25) is 9.69 Å². The van der Waals surface area contributed by atoms with Crippen molar-refractivity contribution in [1.29, 1.82) is 0 Å². The largest absolute Gasteiger partial charge is 0.433 e. The number of piperazine rings is 1. The molecule has 1 amide bonds. The van der Waals surface area contributed by atoms with Crippen LogP contribution in [0.1, 0.15) is 29.0 Å². The summed E-state index contributed by atoms with van der Waals surface area (Å²) in [7, 11) is 0. The van der Waals surface area contributed by atoms with E-state index in [2.05, 4.69) is 15.0 Å². The lowest BCUT2D eigenvalue weighted by molar-refractivity contribution is -0.142. The third-order valence-electron chi connectivity index (χ3n) is 5.95. The first-order valence-corrected chi connectivity index (χ1v) is 10.1. The number of amides is 1. The maximum absolute atomic E-state index is 13.7. The molecule has 1 aromatic carbocycles. The number of rotatable bonds is 2. The Morgan fingerprint density at radius 3 is 2.58 bits per heavy atom. The van der Waals surface area contributed by atoms with Gasteiger partial charge in [0.25, 0.3) is 5.91 Å². The number of carbonyl (C=O) groups is 1. The quantitative estimate of drug-likeness (QED) is 0.581. The summed E-state index contributed by atoms with van der Waals surface area (Å²) in [5.74, 6) is -0.894. The SMILES string of the molecule is O=C(c1cc2nc(-c3ccc(F)cc3)cc(C(F)(F)F)n2n1)N1CCN2CCCC2C1. The molecule has 0 bridgehead atoms. The van der Waals surface area contributed by atoms with Crippen molar-refractivity contribution < 1.29 is 22.4 Å². The molecule has 0 spiro atoms. The lowest BCUT2D eigenvalue weighted by atomic mass is 10.1. The van der Waals surface area contributed by atoms with Crippen molar-refractivity contribution in [3.8, 4) is 11.3 Å². The number of hydrogen-bond acceptors (Lipinski definition) is 4. The number of alkyl halides is 3. The Hall–Kier alpha value is -3.01. The molecule has 0 aliphatic carbocycles. The summed E-state index contributed by atoms with van der Waals surface area (Å²) >= 11 is 0. The van der Waals surface area contributed by atoms with Gasteiger partial charge in [0, 0.05) is 37.3 Å². The molecule has 10 heteroatoms. The van der Waals surface area contributed by atoms with E-state index in [-0.39, 0.29) is 17.0 Å². The highest BCUT2D eigenvalue weighted by Crippen LogP contribution is 2.32. The second-order valence-corrected chi connectivity index (χ2v) is 7.91. The van der Waals surface area contributed by atoms with Crippen LogP contribution in [0.15, 0.2) is 36.4 Å². The summed E-state index contributed by atoms with van der Waals surface area (Å²) in [6.07, 6.45) is -2.61. The summed E-state index contributed by atoms with van der Waals surface area (Å²) < 4.78 is 55.1. The Kier molecular flexibility index (Phi) is 4.69. The van der Waals surface area contributed by atoms with Crippen LogP contribution in [0.5, 0.6) is 0 Å². The van der Waals surface area contributed by atoms with Crippen molar-refractivity contribution in [3.05, 3.63) is 53.6 Å². The summed E-state index contributed by atoms with van der Waals surface area (Å²) in [4.78, 5) is 21.2. The molecule has 2 saturated heterocycles. The van der Waals surface area contributed by atoms with Crippen LogP contribution in [-0.4, -0.2) is 62.5 Å². The van der Waals surface area contributed by atoms with Crippen molar-refractivity contribution in [3.63, 3.8) is 0 Å². The normalized spacial score (nSPS) is 19.7. The van der Waals surface area contributed by atoms with Gasteiger partial charge >= 0.3 is 6.18 Å². The summed E-state index contributed by atoms with van der Waals surface area (Å²) in [5.41, 5.74) is -0.840. The van der Waals surface area contributed by atoms with E-state index in [0.717, 1.165) is 44.1 Å². The molecule has 1 unspecified atom stereocenters. The van der Waals surface area contributed by atoms with Gasteiger partial charge in [-0.25, -0.2) is 13.9 Å². The number of carbonyl (C=O) groups excluding carboxylic acids is 1. The molecule has 0 N–H and O–H groups in total. The number of aromatic nitrogens is 3. The highest BCUT2D eigenvalue weighted by molar-refractivity contribution is 5.93. The Balaban J connectivity index is 1.53. The van der Waals surface area contributed by atoms with Gasteiger partial charge in [-0.15, -0.1) is 0 Å². The zero-order valence-corrected chi connectivity index (χ0v) is 16.4. The summed E-state index contributed by atoms with van der Waals surface area (Å²) in [6.45, 7) is 2.84. The fourth-order valence-electron chi connectivity index (χ4n) is 4.39. The molecule has 2 aliphatic heterocycles. The standard InChI is InChI=1S/C21H19F4N5O/c22-14-5-3-13(4-6-14)16-10-18(21(23,24)25)30-19(26-16)11-17(27-30)20(31)29-9-8-28-7-1-2-15(28)12-29/h3-6,10-11,15H,1-2,7-9,12H2. The van der Waals surface area contributed by atoms with E-state index in [4.69, 9.17) is 0 Å². The van der Waals surface area contributed by atoms with Crippen molar-refractivity contribution >= 4 is 11.6 Å². The number of hydrogen-bond donors (Lipinski definition) is 0. The van der Waals surface area contributed by atoms with E-state index < -0.39 is 23.6 Å². The lowest BCUT2D eigenvalue weighted by Crippen LogP contribution is -2.52. The minimum atomic E-state index is -4.71. The van der Waals surface area contributed by atoms with Crippen molar-refractivity contribution in [2.45, 2.75) is 25.1 Å². The second kappa shape index (κ2) is 7.30. The first kappa shape index (κ1) is 19.9. The fraction of sp³-hybridized carbons (Fsp3) is 0.381. The van der Waals surface area contributed by atoms with E-state index >= 15 is 0 Å². The smallest absolute Gasteiger partial charge is 0.334 e. The zero-order valence-electron chi connectivity index (χ0n) is 16.4. The zero-order chi connectivity index (χ0) is 21.8. The molecule has 0 radical (unpaired) electrons. The first-order chi connectivity index (χ1) is 14.8. The van der Waals surface area contributed by atoms with Gasteiger partial charge in [0.2, 0.25) is 0 Å². The van der Waals surface area contributed by atoms with E-state index in [1.807, 2.05) is 0 Å². The van der Waals surface area contributed by atoms with Gasteiger partial charge in [0.15, 0.2) is 17.0 Å². The molecule has 1 atom stereocenters. The molecule has 2 aliphatic rings. The van der Waals surface area contributed by atoms with Crippen LogP contribution >= 0.6 is 0 Å². The Labute approximate surface area is 175 Å². The molecule has 31 heavy (non-hydrogen) atoms. The van der Waals surface area contributed by atoms with Crippen LogP contribution in [-0.2, 0) is 6.18 Å². The summed E-state index contributed by atoms with van der Waals surface area (Å²) in [5, 5.41) is 3.96. The topological polar surface area (TPSA) is 53.7 Å². The average molecular weight is 433 g/mol. The number of benzene rings is 1. The van der Waals surface area contributed by atoms with Gasteiger partial charge in [0.1, 0.15) is 5.82 Å². The van der Waals surface area contributed by atoms with Gasteiger partial charge in [0.05, 0.1) is 5.69 Å². The molecule has 3 aromatic rings. The molecule has 5 rings (SSSR count). The average Bonchev–Trinajstić information content (AvgIpc) is 3.38. The Bertz CT molecular complexity index is 1140.